The average molecular weight is 448 g/mol. The lowest BCUT2D eigenvalue weighted by atomic mass is 10.0. The van der Waals surface area contributed by atoms with E-state index in [2.05, 4.69) is 9.97 Å². The third kappa shape index (κ3) is 3.11. The van der Waals surface area contributed by atoms with Gasteiger partial charge >= 0.3 is 6.18 Å². The first-order chi connectivity index (χ1) is 15.1. The van der Waals surface area contributed by atoms with E-state index in [1.165, 1.54) is 24.1 Å². The van der Waals surface area contributed by atoms with E-state index < -0.39 is 29.6 Å². The van der Waals surface area contributed by atoms with Crippen molar-refractivity contribution in [3.05, 3.63) is 58.0 Å². The van der Waals surface area contributed by atoms with Crippen molar-refractivity contribution >= 4 is 22.6 Å². The number of carbonyl (C=O) groups excluding carboxylic acids is 1. The Morgan fingerprint density at radius 1 is 1.19 bits per heavy atom. The van der Waals surface area contributed by atoms with Crippen LogP contribution in [0.1, 0.15) is 38.8 Å². The fraction of sp³-hybridized carbons (Fsp3) is 0.286. The van der Waals surface area contributed by atoms with E-state index in [9.17, 15) is 22.4 Å². The van der Waals surface area contributed by atoms with E-state index in [0.717, 1.165) is 17.7 Å². The van der Waals surface area contributed by atoms with E-state index in [1.807, 2.05) is 0 Å². The van der Waals surface area contributed by atoms with Crippen LogP contribution in [0.15, 0.2) is 24.3 Å². The zero-order valence-corrected chi connectivity index (χ0v) is 16.7. The van der Waals surface area contributed by atoms with E-state index in [0.29, 0.717) is 22.0 Å². The van der Waals surface area contributed by atoms with Gasteiger partial charge in [0, 0.05) is 29.6 Å². The van der Waals surface area contributed by atoms with Crippen LogP contribution in [0.2, 0.25) is 0 Å². The SMILES string of the molecule is CN(C(=O)c1cc2c3c(c(N)nc2cc1F)COC3)[C@H]1COc2nc(C(F)(F)F)ccc21. The Balaban J connectivity index is 1.50. The first kappa shape index (κ1) is 20.4. The third-order valence-electron chi connectivity index (χ3n) is 5.75. The fourth-order valence-corrected chi connectivity index (χ4v) is 4.03. The van der Waals surface area contributed by atoms with Crippen molar-refractivity contribution in [3.8, 4) is 5.88 Å². The molecule has 0 aliphatic carbocycles. The smallest absolute Gasteiger partial charge is 0.433 e. The monoisotopic (exact) mass is 448 g/mol. The Labute approximate surface area is 178 Å². The molecule has 2 aliphatic heterocycles. The van der Waals surface area contributed by atoms with Crippen LogP contribution < -0.4 is 10.5 Å². The predicted octanol–water partition coefficient (Wildman–Crippen LogP) is 3.61. The molecular formula is C21H16F4N4O3. The molecule has 2 aliphatic rings. The van der Waals surface area contributed by atoms with Crippen LogP contribution in [-0.4, -0.2) is 34.4 Å². The molecule has 0 spiro atoms. The minimum atomic E-state index is -4.62. The van der Waals surface area contributed by atoms with Gasteiger partial charge in [0.05, 0.1) is 30.3 Å². The maximum atomic E-state index is 14.9. The number of likely N-dealkylation sites (N-methyl/N-ethyl adjacent to an activating group) is 1. The molecule has 3 aromatic rings. The maximum absolute atomic E-state index is 14.9. The van der Waals surface area contributed by atoms with E-state index in [-0.39, 0.29) is 37.1 Å². The van der Waals surface area contributed by atoms with Gasteiger partial charge in [-0.25, -0.2) is 14.4 Å². The molecule has 0 radical (unpaired) electrons. The number of hydrogen-bond acceptors (Lipinski definition) is 6. The highest BCUT2D eigenvalue weighted by molar-refractivity contribution is 5.99. The first-order valence-electron chi connectivity index (χ1n) is 9.61. The average Bonchev–Trinajstić information content (AvgIpc) is 3.39. The normalized spacial score (nSPS) is 17.2. The summed E-state index contributed by atoms with van der Waals surface area (Å²) in [5.41, 5.74) is 6.72. The zero-order valence-electron chi connectivity index (χ0n) is 16.7. The molecule has 4 heterocycles. The van der Waals surface area contributed by atoms with Gasteiger partial charge in [0.25, 0.3) is 5.91 Å². The van der Waals surface area contributed by atoms with Crippen LogP contribution in [0.4, 0.5) is 23.4 Å². The number of halogens is 4. The summed E-state index contributed by atoms with van der Waals surface area (Å²) in [5, 5.41) is 0.560. The minimum absolute atomic E-state index is 0.0948. The molecule has 1 atom stereocenters. The Morgan fingerprint density at radius 2 is 1.94 bits per heavy atom. The largest absolute Gasteiger partial charge is 0.475 e. The molecule has 166 valence electrons. The summed E-state index contributed by atoms with van der Waals surface area (Å²) in [6.07, 6.45) is -4.62. The van der Waals surface area contributed by atoms with Gasteiger partial charge in [-0.2, -0.15) is 13.2 Å². The second-order valence-corrected chi connectivity index (χ2v) is 7.63. The molecule has 0 bridgehead atoms. The number of pyridine rings is 2. The molecule has 0 saturated carbocycles. The Bertz CT molecular complexity index is 1280. The maximum Gasteiger partial charge on any atom is 0.433 e. The molecular weight excluding hydrogens is 432 g/mol. The number of amides is 1. The van der Waals surface area contributed by atoms with Gasteiger partial charge in [-0.05, 0) is 23.8 Å². The number of ether oxygens (including phenoxy) is 2. The van der Waals surface area contributed by atoms with Crippen molar-refractivity contribution in [2.75, 3.05) is 19.4 Å². The highest BCUT2D eigenvalue weighted by atomic mass is 19.4. The summed E-state index contributed by atoms with van der Waals surface area (Å²) in [6, 6.07) is 3.88. The van der Waals surface area contributed by atoms with Crippen LogP contribution in [-0.2, 0) is 24.1 Å². The second kappa shape index (κ2) is 7.02. The first-order valence-corrected chi connectivity index (χ1v) is 9.61. The number of hydrogen-bond donors (Lipinski definition) is 1. The van der Waals surface area contributed by atoms with Crippen LogP contribution in [0, 0.1) is 5.82 Å². The lowest BCUT2D eigenvalue weighted by Gasteiger charge is -2.24. The predicted molar refractivity (Wildman–Crippen MR) is 104 cm³/mol. The number of nitrogens with two attached hydrogens (primary N) is 1. The lowest BCUT2D eigenvalue weighted by molar-refractivity contribution is -0.141. The molecule has 0 unspecified atom stereocenters. The molecule has 2 aromatic heterocycles. The molecule has 7 nitrogen and oxygen atoms in total. The minimum Gasteiger partial charge on any atom is -0.475 e. The number of carbonyl (C=O) groups is 1. The van der Waals surface area contributed by atoms with Crippen LogP contribution in [0.3, 0.4) is 0 Å². The van der Waals surface area contributed by atoms with Crippen molar-refractivity contribution in [3.63, 3.8) is 0 Å². The molecule has 0 saturated heterocycles. The fourth-order valence-electron chi connectivity index (χ4n) is 4.03. The van der Waals surface area contributed by atoms with Crippen LogP contribution in [0.25, 0.3) is 10.9 Å². The molecule has 32 heavy (non-hydrogen) atoms. The number of nitrogen functional groups attached to an aromatic ring is 1. The quantitative estimate of drug-likeness (QED) is 0.603. The third-order valence-corrected chi connectivity index (χ3v) is 5.75. The Hall–Kier alpha value is -3.47. The summed E-state index contributed by atoms with van der Waals surface area (Å²) in [7, 11) is 1.43. The van der Waals surface area contributed by atoms with E-state index >= 15 is 0 Å². The number of nitrogens with zero attached hydrogens (tertiary/aromatic N) is 3. The van der Waals surface area contributed by atoms with Crippen molar-refractivity contribution in [2.24, 2.45) is 0 Å². The van der Waals surface area contributed by atoms with Crippen molar-refractivity contribution < 1.29 is 31.8 Å². The summed E-state index contributed by atoms with van der Waals surface area (Å²) in [4.78, 5) is 22.1. The summed E-state index contributed by atoms with van der Waals surface area (Å²) in [6.45, 7) is 0.459. The van der Waals surface area contributed by atoms with Crippen molar-refractivity contribution in [1.82, 2.24) is 14.9 Å². The molecule has 1 amide bonds. The number of anilines is 1. The summed E-state index contributed by atoms with van der Waals surface area (Å²) >= 11 is 0. The number of alkyl halides is 3. The number of benzene rings is 1. The van der Waals surface area contributed by atoms with Crippen molar-refractivity contribution in [1.29, 1.82) is 0 Å². The van der Waals surface area contributed by atoms with Crippen molar-refractivity contribution in [2.45, 2.75) is 25.4 Å². The number of fused-ring (bicyclic) bond motifs is 4. The topological polar surface area (TPSA) is 90.6 Å². The van der Waals surface area contributed by atoms with Gasteiger partial charge < -0.3 is 20.1 Å². The molecule has 11 heteroatoms. The second-order valence-electron chi connectivity index (χ2n) is 7.63. The highest BCUT2D eigenvalue weighted by Crippen LogP contribution is 2.38. The Morgan fingerprint density at radius 3 is 2.69 bits per heavy atom. The molecule has 1 aromatic carbocycles. The van der Waals surface area contributed by atoms with Gasteiger partial charge in [-0.1, -0.05) is 0 Å². The number of aromatic nitrogens is 2. The van der Waals surface area contributed by atoms with Crippen LogP contribution >= 0.6 is 0 Å². The molecule has 0 fully saturated rings. The summed E-state index contributed by atoms with van der Waals surface area (Å²) in [5.74, 6) is -1.39. The van der Waals surface area contributed by atoms with Gasteiger partial charge in [-0.15, -0.1) is 0 Å². The van der Waals surface area contributed by atoms with E-state index in [1.54, 1.807) is 0 Å². The zero-order chi connectivity index (χ0) is 22.8. The number of rotatable bonds is 2. The lowest BCUT2D eigenvalue weighted by Crippen LogP contribution is -2.32. The molecule has 5 rings (SSSR count). The molecule has 2 N–H and O–H groups in total. The Kier molecular flexibility index (Phi) is 4.48. The van der Waals surface area contributed by atoms with Gasteiger partial charge in [0.15, 0.2) is 0 Å². The standard InChI is InChI=1S/C21H16F4N4O3/c1-29(16-8-32-19-9(16)2-3-17(28-19)21(23,24)25)20(30)11-4-10-12-6-31-7-13(12)18(26)27-15(10)5-14(11)22/h2-5,16H,6-8H2,1H3,(H2,26,27)/t16-/m0/s1. The summed E-state index contributed by atoms with van der Waals surface area (Å²) < 4.78 is 64.3. The van der Waals surface area contributed by atoms with Gasteiger partial charge in [-0.3, -0.25) is 4.79 Å². The highest BCUT2D eigenvalue weighted by Gasteiger charge is 2.38. The van der Waals surface area contributed by atoms with Gasteiger partial charge in [0.1, 0.15) is 23.9 Å². The van der Waals surface area contributed by atoms with Crippen LogP contribution in [0.5, 0.6) is 5.88 Å². The van der Waals surface area contributed by atoms with Gasteiger partial charge in [0.2, 0.25) is 5.88 Å². The van der Waals surface area contributed by atoms with E-state index in [4.69, 9.17) is 15.2 Å².